The van der Waals surface area contributed by atoms with Gasteiger partial charge in [-0.1, -0.05) is 19.0 Å². The van der Waals surface area contributed by atoms with E-state index < -0.39 is 35.8 Å². The number of pyridine rings is 2. The molecule has 8 rings (SSSR count). The summed E-state index contributed by atoms with van der Waals surface area (Å²) in [6, 6.07) is 5.75. The van der Waals surface area contributed by atoms with Crippen molar-refractivity contribution in [1.82, 2.24) is 44.5 Å². The van der Waals surface area contributed by atoms with Crippen molar-refractivity contribution in [3.05, 3.63) is 112 Å². The largest absolute Gasteiger partial charge is 0.344 e. The fourth-order valence-corrected chi connectivity index (χ4v) is 5.75. The number of nitrogens with one attached hydrogen (secondary N) is 1. The summed E-state index contributed by atoms with van der Waals surface area (Å²) in [6.07, 6.45) is 8.37. The number of fused-ring (bicyclic) bond motifs is 2. The van der Waals surface area contributed by atoms with E-state index >= 15 is 0 Å². The first kappa shape index (κ1) is 37.4. The van der Waals surface area contributed by atoms with Gasteiger partial charge in [0.05, 0.1) is 49.8 Å². The molecule has 2 aliphatic rings. The molecule has 0 aromatic carbocycles. The van der Waals surface area contributed by atoms with E-state index in [2.05, 4.69) is 35.5 Å². The highest BCUT2D eigenvalue weighted by molar-refractivity contribution is 6.29. The van der Waals surface area contributed by atoms with Crippen LogP contribution in [0.5, 0.6) is 0 Å². The molecule has 12 nitrogen and oxygen atoms in total. The molecule has 0 unspecified atom stereocenters. The predicted molar refractivity (Wildman–Crippen MR) is 175 cm³/mol. The molecule has 2 fully saturated rings. The van der Waals surface area contributed by atoms with Crippen molar-refractivity contribution < 1.29 is 26.3 Å². The van der Waals surface area contributed by atoms with Crippen molar-refractivity contribution in [3.63, 3.8) is 0 Å². The molecule has 19 heteroatoms. The number of hydrogen-bond donors (Lipinski definition) is 1. The molecular weight excluding hydrogens is 714 g/mol. The summed E-state index contributed by atoms with van der Waals surface area (Å²) in [4.78, 5) is 16.8. The summed E-state index contributed by atoms with van der Waals surface area (Å²) in [5, 5.41) is 28.0. The van der Waals surface area contributed by atoms with Crippen LogP contribution in [0.15, 0.2) is 61.7 Å². The zero-order valence-corrected chi connectivity index (χ0v) is 26.7. The molecule has 268 valence electrons. The van der Waals surface area contributed by atoms with Crippen molar-refractivity contribution >= 4 is 28.7 Å². The smallest absolute Gasteiger partial charge is 0.184 e. The van der Waals surface area contributed by atoms with Gasteiger partial charge in [-0.2, -0.15) is 20.7 Å². The fourth-order valence-electron chi connectivity index (χ4n) is 5.62. The Balaban J connectivity index is 0.000000164. The number of nitrogens with zero attached hydrogens (tertiary/aromatic N) is 11. The van der Waals surface area contributed by atoms with Gasteiger partial charge in [-0.25, -0.2) is 45.3 Å². The van der Waals surface area contributed by atoms with Crippen LogP contribution in [0.4, 0.5) is 32.2 Å². The van der Waals surface area contributed by atoms with E-state index in [-0.39, 0.29) is 65.6 Å². The zero-order valence-electron chi connectivity index (χ0n) is 26.0. The van der Waals surface area contributed by atoms with E-state index in [0.29, 0.717) is 18.5 Å². The third-order valence-corrected chi connectivity index (χ3v) is 8.18. The Morgan fingerprint density at radius 1 is 0.750 bits per heavy atom. The Kier molecular flexibility index (Phi) is 11.5. The summed E-state index contributed by atoms with van der Waals surface area (Å²) >= 11 is 5.44. The molecule has 1 N–H and O–H groups in total. The van der Waals surface area contributed by atoms with Crippen LogP contribution in [0, 0.1) is 45.9 Å². The molecule has 0 bridgehead atoms. The standard InChI is InChI=1S/C16H11F3N6.C9H10F2N2.C7H2ClFN4.CH4/c17-11-1-9(4-21-6-11)14-2-12(18)7-24(14)16-13(19)8-25-15(23-16)10(3-20)5-22-25;10-7-1-6(3-12-4-7)9-2-8(11)5-13-9;8-6-5(9)3-13-7(12-6)4(1-10)2-11-13;/h1,4-6,8,12,14H,2,7H2;1,3-4,8-9,13H,2,5H2;2-3H;1H4/t12-,14+;8-,9+;;/m00../s1. The second-order valence-electron chi connectivity index (χ2n) is 11.3. The van der Waals surface area contributed by atoms with Crippen LogP contribution in [0.1, 0.15) is 54.6 Å². The average molecular weight is 741 g/mol. The van der Waals surface area contributed by atoms with Gasteiger partial charge in [-0.15, -0.1) is 0 Å². The molecule has 0 spiro atoms. The highest BCUT2D eigenvalue weighted by Gasteiger charge is 2.36. The summed E-state index contributed by atoms with van der Waals surface area (Å²) < 4.78 is 82.7. The highest BCUT2D eigenvalue weighted by Crippen LogP contribution is 2.38. The summed E-state index contributed by atoms with van der Waals surface area (Å²) in [6.45, 7) is 0.262. The van der Waals surface area contributed by atoms with Crippen molar-refractivity contribution in [2.45, 2.75) is 44.7 Å². The lowest BCUT2D eigenvalue weighted by atomic mass is 10.1. The molecule has 4 atom stereocenters. The second-order valence-corrected chi connectivity index (χ2v) is 11.7. The van der Waals surface area contributed by atoms with E-state index in [1.807, 2.05) is 12.1 Å². The van der Waals surface area contributed by atoms with E-state index in [1.165, 1.54) is 40.1 Å². The third-order valence-electron chi connectivity index (χ3n) is 7.92. The van der Waals surface area contributed by atoms with Gasteiger partial charge in [-0.05, 0) is 29.7 Å². The minimum atomic E-state index is -1.22. The van der Waals surface area contributed by atoms with Crippen molar-refractivity contribution in [3.8, 4) is 12.1 Å². The van der Waals surface area contributed by atoms with Gasteiger partial charge in [-0.3, -0.25) is 9.97 Å². The molecule has 0 saturated carbocycles. The van der Waals surface area contributed by atoms with Gasteiger partial charge >= 0.3 is 0 Å². The van der Waals surface area contributed by atoms with Crippen molar-refractivity contribution in [2.24, 2.45) is 0 Å². The lowest BCUT2D eigenvalue weighted by molar-refractivity contribution is 0.355. The first-order valence-electron chi connectivity index (χ1n) is 15.1. The molecule has 0 aliphatic carbocycles. The number of halogens is 7. The number of hydrogen-bond acceptors (Lipinski definition) is 10. The fraction of sp³-hybridized carbons (Fsp3) is 0.273. The maximum absolute atomic E-state index is 14.5. The minimum Gasteiger partial charge on any atom is -0.344 e. The van der Waals surface area contributed by atoms with Crippen LogP contribution >= 0.6 is 11.6 Å². The summed E-state index contributed by atoms with van der Waals surface area (Å²) in [5.74, 6) is -2.39. The Morgan fingerprint density at radius 2 is 1.33 bits per heavy atom. The van der Waals surface area contributed by atoms with Crippen LogP contribution in [0.2, 0.25) is 5.15 Å². The Hall–Kier alpha value is -5.85. The average Bonchev–Trinajstić information content (AvgIpc) is 3.91. The van der Waals surface area contributed by atoms with E-state index in [0.717, 1.165) is 34.9 Å². The van der Waals surface area contributed by atoms with Gasteiger partial charge in [0.1, 0.15) is 47.2 Å². The first-order valence-corrected chi connectivity index (χ1v) is 15.4. The van der Waals surface area contributed by atoms with Crippen LogP contribution in [0.25, 0.3) is 11.3 Å². The molecule has 8 heterocycles. The molecular formula is C33H27ClF6N12. The summed E-state index contributed by atoms with van der Waals surface area (Å²) in [7, 11) is 0. The first-order chi connectivity index (χ1) is 24.5. The number of alkyl halides is 2. The van der Waals surface area contributed by atoms with Gasteiger partial charge < -0.3 is 10.2 Å². The lowest BCUT2D eigenvalue weighted by Crippen LogP contribution is -2.26. The molecule has 0 amide bonds. The normalized spacial score (nSPS) is 19.2. The monoisotopic (exact) mass is 740 g/mol. The molecule has 0 radical (unpaired) electrons. The number of anilines is 1. The quantitative estimate of drug-likeness (QED) is 0.165. The van der Waals surface area contributed by atoms with Gasteiger partial charge in [0, 0.05) is 31.4 Å². The maximum atomic E-state index is 14.5. The van der Waals surface area contributed by atoms with Crippen LogP contribution in [0.3, 0.4) is 0 Å². The Labute approximate surface area is 297 Å². The Bertz CT molecular complexity index is 2290. The maximum Gasteiger partial charge on any atom is 0.184 e. The van der Waals surface area contributed by atoms with Crippen molar-refractivity contribution in [1.29, 1.82) is 10.5 Å². The Morgan fingerprint density at radius 3 is 1.90 bits per heavy atom. The SMILES string of the molecule is C.Fc1cncc([C@H]2C[C@H](F)CN2)c1.N#Cc1cnn2cc(F)c(Cl)nc12.N#Cc1cnn2cc(F)c(N3C[C@@H](F)C[C@@H]3c3cncc(F)c3)nc12. The molecule has 2 aliphatic heterocycles. The number of rotatable bonds is 3. The molecule has 2 saturated heterocycles. The summed E-state index contributed by atoms with van der Waals surface area (Å²) in [5.41, 5.74) is 2.05. The molecule has 52 heavy (non-hydrogen) atoms. The van der Waals surface area contributed by atoms with Crippen LogP contribution in [-0.2, 0) is 0 Å². The minimum absolute atomic E-state index is 0. The number of nitriles is 2. The molecule has 6 aromatic heterocycles. The lowest BCUT2D eigenvalue weighted by Gasteiger charge is -2.25. The van der Waals surface area contributed by atoms with Gasteiger partial charge in [0.25, 0.3) is 0 Å². The van der Waals surface area contributed by atoms with Crippen LogP contribution in [-0.4, -0.2) is 64.6 Å². The van der Waals surface area contributed by atoms with Gasteiger partial charge in [0.2, 0.25) is 0 Å². The van der Waals surface area contributed by atoms with E-state index in [9.17, 15) is 26.3 Å². The topological polar surface area (TPSA) is 149 Å². The second kappa shape index (κ2) is 16.0. The van der Waals surface area contributed by atoms with Crippen LogP contribution < -0.4 is 10.2 Å². The predicted octanol–water partition coefficient (Wildman–Crippen LogP) is 6.19. The van der Waals surface area contributed by atoms with Crippen molar-refractivity contribution in [2.75, 3.05) is 18.0 Å². The zero-order chi connectivity index (χ0) is 36.2. The van der Waals surface area contributed by atoms with Gasteiger partial charge in [0.15, 0.2) is 33.9 Å². The van der Waals surface area contributed by atoms with E-state index in [4.69, 9.17) is 22.1 Å². The number of aromatic nitrogens is 8. The highest BCUT2D eigenvalue weighted by atomic mass is 35.5. The molecule has 6 aromatic rings. The van der Waals surface area contributed by atoms with E-state index in [1.54, 1.807) is 6.20 Å². The third kappa shape index (κ3) is 8.03.